The van der Waals surface area contributed by atoms with E-state index in [1.165, 1.54) is 0 Å². The van der Waals surface area contributed by atoms with E-state index in [-0.39, 0.29) is 0 Å². The lowest BCUT2D eigenvalue weighted by molar-refractivity contribution is -0.130. The number of hydrogen-bond donors (Lipinski definition) is 1. The summed E-state index contributed by atoms with van der Waals surface area (Å²) in [6, 6.07) is 8.00. The minimum atomic E-state index is -0.536. The molecule has 0 saturated carbocycles. The lowest BCUT2D eigenvalue weighted by atomic mass is 10.3. The number of nitrogens with zero attached hydrogens (tertiary/aromatic N) is 2. The maximum absolute atomic E-state index is 11.2. The summed E-state index contributed by atoms with van der Waals surface area (Å²) in [6.45, 7) is 1.72. The number of para-hydroxylation sites is 1. The highest BCUT2D eigenvalue weighted by Gasteiger charge is 2.26. The molecule has 0 radical (unpaired) electrons. The highest BCUT2D eigenvalue weighted by atomic mass is 32.1. The van der Waals surface area contributed by atoms with Crippen LogP contribution in [-0.2, 0) is 9.53 Å². The monoisotopic (exact) mass is 263 g/mol. The molecule has 1 unspecified atom stereocenters. The number of rotatable bonds is 2. The molecule has 1 atom stereocenters. The van der Waals surface area contributed by atoms with Crippen molar-refractivity contribution < 1.29 is 9.53 Å². The van der Waals surface area contributed by atoms with Crippen LogP contribution in [0.1, 0.15) is 0 Å². The van der Waals surface area contributed by atoms with Crippen molar-refractivity contribution in [2.45, 2.75) is 6.10 Å². The number of thiazole rings is 1. The highest BCUT2D eigenvalue weighted by Crippen LogP contribution is 2.29. The van der Waals surface area contributed by atoms with Crippen molar-refractivity contribution >= 4 is 32.6 Å². The first-order chi connectivity index (χ1) is 8.74. The van der Waals surface area contributed by atoms with Crippen LogP contribution in [0.4, 0.5) is 5.13 Å². The van der Waals surface area contributed by atoms with E-state index in [0.717, 1.165) is 21.9 Å². The van der Waals surface area contributed by atoms with Crippen LogP contribution in [0, 0.1) is 0 Å². The maximum Gasteiger partial charge on any atom is 0.248 e. The van der Waals surface area contributed by atoms with Crippen LogP contribution >= 0.6 is 11.3 Å². The van der Waals surface area contributed by atoms with Gasteiger partial charge in [0.1, 0.15) is 0 Å². The van der Waals surface area contributed by atoms with E-state index in [2.05, 4.69) is 9.88 Å². The van der Waals surface area contributed by atoms with Crippen LogP contribution in [0.25, 0.3) is 10.2 Å². The van der Waals surface area contributed by atoms with Crippen LogP contribution < -0.4 is 10.6 Å². The normalized spacial score (nSPS) is 20.2. The summed E-state index contributed by atoms with van der Waals surface area (Å²) in [5.74, 6) is -0.416. The molecule has 18 heavy (non-hydrogen) atoms. The Bertz CT molecular complexity index is 550. The van der Waals surface area contributed by atoms with Gasteiger partial charge in [-0.1, -0.05) is 23.5 Å². The van der Waals surface area contributed by atoms with Crippen molar-refractivity contribution in [1.29, 1.82) is 0 Å². The van der Waals surface area contributed by atoms with Gasteiger partial charge in [0.25, 0.3) is 0 Å². The lowest BCUT2D eigenvalue weighted by Crippen LogP contribution is -2.48. The average Bonchev–Trinajstić information content (AvgIpc) is 2.82. The fourth-order valence-corrected chi connectivity index (χ4v) is 2.99. The number of fused-ring (bicyclic) bond motifs is 1. The predicted molar refractivity (Wildman–Crippen MR) is 70.8 cm³/mol. The number of carbonyl (C=O) groups is 1. The molecule has 1 fully saturated rings. The molecule has 0 aliphatic carbocycles. The molecule has 94 valence electrons. The van der Waals surface area contributed by atoms with E-state index in [1.54, 1.807) is 11.3 Å². The van der Waals surface area contributed by atoms with Crippen LogP contribution in [0.5, 0.6) is 0 Å². The predicted octanol–water partition coefficient (Wildman–Crippen LogP) is 0.987. The Morgan fingerprint density at radius 2 is 2.33 bits per heavy atom. The van der Waals surface area contributed by atoms with E-state index >= 15 is 0 Å². The van der Waals surface area contributed by atoms with Gasteiger partial charge >= 0.3 is 0 Å². The van der Waals surface area contributed by atoms with Gasteiger partial charge < -0.3 is 15.4 Å². The first-order valence-electron chi connectivity index (χ1n) is 5.75. The molecular formula is C12H13N3O2S. The van der Waals surface area contributed by atoms with E-state index in [9.17, 15) is 4.79 Å². The molecule has 0 bridgehead atoms. The van der Waals surface area contributed by atoms with Crippen LogP contribution in [0.2, 0.25) is 0 Å². The fourth-order valence-electron chi connectivity index (χ4n) is 1.99. The minimum absolute atomic E-state index is 0.416. The summed E-state index contributed by atoms with van der Waals surface area (Å²) in [5.41, 5.74) is 6.26. The second kappa shape index (κ2) is 4.55. The molecule has 5 nitrogen and oxygen atoms in total. The lowest BCUT2D eigenvalue weighted by Gasteiger charge is -2.30. The number of primary amides is 1. The Morgan fingerprint density at radius 3 is 3.11 bits per heavy atom. The smallest absolute Gasteiger partial charge is 0.248 e. The van der Waals surface area contributed by atoms with Gasteiger partial charge in [0.05, 0.1) is 23.4 Å². The third-order valence-corrected chi connectivity index (χ3v) is 4.03. The quantitative estimate of drug-likeness (QED) is 0.877. The molecule has 2 aromatic rings. The third kappa shape index (κ3) is 2.04. The second-order valence-corrected chi connectivity index (χ2v) is 5.18. The van der Waals surface area contributed by atoms with Crippen LogP contribution in [-0.4, -0.2) is 36.7 Å². The number of carbonyl (C=O) groups excluding carboxylic acids is 1. The molecule has 1 aromatic carbocycles. The average molecular weight is 263 g/mol. The summed E-state index contributed by atoms with van der Waals surface area (Å²) in [5, 5.41) is 0.922. The van der Waals surface area contributed by atoms with Gasteiger partial charge in [0, 0.05) is 6.54 Å². The summed E-state index contributed by atoms with van der Waals surface area (Å²) in [6.07, 6.45) is -0.536. The van der Waals surface area contributed by atoms with Crippen LogP contribution in [0.3, 0.4) is 0 Å². The molecule has 2 heterocycles. The molecular weight excluding hydrogens is 250 g/mol. The number of hydrogen-bond acceptors (Lipinski definition) is 5. The molecule has 0 spiro atoms. The largest absolute Gasteiger partial charge is 0.367 e. The zero-order valence-corrected chi connectivity index (χ0v) is 10.5. The van der Waals surface area contributed by atoms with Gasteiger partial charge in [-0.3, -0.25) is 4.79 Å². The first kappa shape index (κ1) is 11.4. The molecule has 1 saturated heterocycles. The van der Waals surface area contributed by atoms with E-state index < -0.39 is 12.0 Å². The Labute approximate surface area is 108 Å². The molecule has 1 aromatic heterocycles. The topological polar surface area (TPSA) is 68.5 Å². The molecule has 2 N–H and O–H groups in total. The van der Waals surface area contributed by atoms with E-state index in [4.69, 9.17) is 10.5 Å². The van der Waals surface area contributed by atoms with Gasteiger partial charge in [-0.2, -0.15) is 0 Å². The zero-order valence-electron chi connectivity index (χ0n) is 9.70. The standard InChI is InChI=1S/C12H13N3O2S/c13-11(16)9-7-15(5-6-17-9)12-14-8-3-1-2-4-10(8)18-12/h1-4,9H,5-7H2,(H2,13,16). The summed E-state index contributed by atoms with van der Waals surface area (Å²) in [4.78, 5) is 17.8. The number of anilines is 1. The van der Waals surface area contributed by atoms with Crippen molar-refractivity contribution in [2.24, 2.45) is 5.73 Å². The number of nitrogens with two attached hydrogens (primary N) is 1. The van der Waals surface area contributed by atoms with Crippen molar-refractivity contribution in [2.75, 3.05) is 24.6 Å². The molecule has 6 heteroatoms. The molecule has 3 rings (SSSR count). The van der Waals surface area contributed by atoms with Crippen molar-refractivity contribution in [3.8, 4) is 0 Å². The fraction of sp³-hybridized carbons (Fsp3) is 0.333. The summed E-state index contributed by atoms with van der Waals surface area (Å²) >= 11 is 1.62. The SMILES string of the molecule is NC(=O)C1CN(c2nc3ccccc3s2)CCO1. The van der Waals surface area contributed by atoms with Gasteiger partial charge in [0.2, 0.25) is 5.91 Å². The Kier molecular flexibility index (Phi) is 2.89. The Hall–Kier alpha value is -1.66. The molecule has 1 amide bonds. The second-order valence-electron chi connectivity index (χ2n) is 4.17. The number of aromatic nitrogens is 1. The van der Waals surface area contributed by atoms with Gasteiger partial charge in [-0.05, 0) is 12.1 Å². The van der Waals surface area contributed by atoms with Gasteiger partial charge in [-0.25, -0.2) is 4.98 Å². The van der Waals surface area contributed by atoms with Crippen LogP contribution in [0.15, 0.2) is 24.3 Å². The van der Waals surface area contributed by atoms with Crippen molar-refractivity contribution in [1.82, 2.24) is 4.98 Å². The van der Waals surface area contributed by atoms with E-state index in [0.29, 0.717) is 13.2 Å². The summed E-state index contributed by atoms with van der Waals surface area (Å²) < 4.78 is 6.47. The minimum Gasteiger partial charge on any atom is -0.367 e. The van der Waals surface area contributed by atoms with E-state index in [1.807, 2.05) is 24.3 Å². The Balaban J connectivity index is 1.87. The number of benzene rings is 1. The van der Waals surface area contributed by atoms with Crippen molar-refractivity contribution in [3.05, 3.63) is 24.3 Å². The Morgan fingerprint density at radius 1 is 1.50 bits per heavy atom. The molecule has 1 aliphatic heterocycles. The van der Waals surface area contributed by atoms with Gasteiger partial charge in [-0.15, -0.1) is 0 Å². The zero-order chi connectivity index (χ0) is 12.5. The molecule has 1 aliphatic rings. The van der Waals surface area contributed by atoms with Crippen molar-refractivity contribution in [3.63, 3.8) is 0 Å². The number of amides is 1. The maximum atomic E-state index is 11.2. The van der Waals surface area contributed by atoms with Gasteiger partial charge in [0.15, 0.2) is 11.2 Å². The number of ether oxygens (including phenoxy) is 1. The summed E-state index contributed by atoms with van der Waals surface area (Å²) in [7, 11) is 0. The number of morpholine rings is 1. The first-order valence-corrected chi connectivity index (χ1v) is 6.57. The third-order valence-electron chi connectivity index (χ3n) is 2.94. The highest BCUT2D eigenvalue weighted by molar-refractivity contribution is 7.22.